The van der Waals surface area contributed by atoms with Crippen LogP contribution in [0.3, 0.4) is 0 Å². The van der Waals surface area contributed by atoms with E-state index in [1.807, 2.05) is 36.4 Å². The second kappa shape index (κ2) is 30.6. The Labute approximate surface area is 234 Å². The predicted octanol–water partition coefficient (Wildman–Crippen LogP) is 10.4. The van der Waals surface area contributed by atoms with Gasteiger partial charge in [-0.1, -0.05) is 159 Å². The number of carbonyl (C=O) groups is 2. The van der Waals surface area contributed by atoms with Crippen LogP contribution in [-0.4, -0.2) is 18.5 Å². The summed E-state index contributed by atoms with van der Waals surface area (Å²) in [5, 5.41) is 0. The van der Waals surface area contributed by atoms with Gasteiger partial charge in [-0.15, -0.1) is 0 Å². The number of ether oxygens (including phenoxy) is 2. The van der Waals surface area contributed by atoms with Crippen molar-refractivity contribution in [1.82, 2.24) is 0 Å². The fourth-order valence-corrected chi connectivity index (χ4v) is 3.64. The molecule has 0 amide bonds. The molecule has 0 radical (unpaired) electrons. The number of benzene rings is 1. The highest BCUT2D eigenvalue weighted by molar-refractivity contribution is 5.86. The molecular formula is C34H56O4. The fraction of sp³-hybridized carbons (Fsp3) is 0.588. The molecular weight excluding hydrogens is 472 g/mol. The highest BCUT2D eigenvalue weighted by Crippen LogP contribution is 2.13. The maximum absolute atomic E-state index is 11.2. The zero-order chi connectivity index (χ0) is 28.7. The van der Waals surface area contributed by atoms with Crippen LogP contribution in [0.2, 0.25) is 0 Å². The topological polar surface area (TPSA) is 52.6 Å². The minimum atomic E-state index is -0.329. The molecule has 0 saturated carbocycles. The van der Waals surface area contributed by atoms with Crippen LogP contribution in [0.1, 0.15) is 129 Å². The van der Waals surface area contributed by atoms with E-state index in [1.165, 1.54) is 109 Å². The Morgan fingerprint density at radius 1 is 0.711 bits per heavy atom. The van der Waals surface area contributed by atoms with Crippen molar-refractivity contribution in [3.8, 4) is 0 Å². The van der Waals surface area contributed by atoms with Crippen LogP contribution in [0.25, 0.3) is 6.08 Å². The van der Waals surface area contributed by atoms with Gasteiger partial charge in [-0.25, -0.2) is 4.79 Å². The summed E-state index contributed by atoms with van der Waals surface area (Å²) in [4.78, 5) is 20.9. The molecule has 0 N–H and O–H groups in total. The lowest BCUT2D eigenvalue weighted by Crippen LogP contribution is -2.05. The summed E-state index contributed by atoms with van der Waals surface area (Å²) in [5.74, 6) is -0.582. The monoisotopic (exact) mass is 528 g/mol. The van der Waals surface area contributed by atoms with Gasteiger partial charge >= 0.3 is 11.9 Å². The molecule has 1 rings (SSSR count). The third-order valence-corrected chi connectivity index (χ3v) is 5.86. The minimum absolute atomic E-state index is 0.254. The van der Waals surface area contributed by atoms with Crippen molar-refractivity contribution in [1.29, 1.82) is 0 Å². The van der Waals surface area contributed by atoms with Crippen molar-refractivity contribution in [3.63, 3.8) is 0 Å². The molecule has 1 aromatic carbocycles. The molecule has 0 fully saturated rings. The molecule has 0 atom stereocenters. The molecule has 0 bridgehead atoms. The maximum atomic E-state index is 11.2. The van der Waals surface area contributed by atoms with Gasteiger partial charge in [0, 0.05) is 12.5 Å². The summed E-state index contributed by atoms with van der Waals surface area (Å²) in [6.07, 6.45) is 24.7. The van der Waals surface area contributed by atoms with E-state index in [9.17, 15) is 9.59 Å². The SMILES string of the molecule is C=C(C)C(=O)OCCCCCCCCCCCCCCCCCC.C=COC(C)=O.C=Cc1ccccc1. The van der Waals surface area contributed by atoms with Crippen molar-refractivity contribution in [2.24, 2.45) is 0 Å². The second-order valence-corrected chi connectivity index (χ2v) is 9.61. The standard InChI is InChI=1S/C22H42O2.C8H8.C4H6O2/c1-4-5-6-7-8-9-10-11-12-13-14-15-16-17-18-19-20-24-22(23)21(2)3;1-2-8-6-4-3-5-7-8;1-3-6-4(2)5/h2,4-20H2,1,3H3;2-7H,1H2;3H,1H2,2H3. The molecule has 0 heterocycles. The van der Waals surface area contributed by atoms with Gasteiger partial charge in [0.2, 0.25) is 0 Å². The summed E-state index contributed by atoms with van der Waals surface area (Å²) in [7, 11) is 0. The van der Waals surface area contributed by atoms with Crippen LogP contribution < -0.4 is 0 Å². The molecule has 216 valence electrons. The predicted molar refractivity (Wildman–Crippen MR) is 164 cm³/mol. The first-order chi connectivity index (χ1) is 18.4. The molecule has 0 unspecified atom stereocenters. The van der Waals surface area contributed by atoms with Crippen molar-refractivity contribution in [2.75, 3.05) is 6.61 Å². The van der Waals surface area contributed by atoms with Gasteiger partial charge in [0.05, 0.1) is 12.9 Å². The average molecular weight is 529 g/mol. The van der Waals surface area contributed by atoms with Gasteiger partial charge in [0.25, 0.3) is 0 Å². The number of carbonyl (C=O) groups excluding carboxylic acids is 2. The highest BCUT2D eigenvalue weighted by atomic mass is 16.5. The maximum Gasteiger partial charge on any atom is 0.333 e. The Kier molecular flexibility index (Phi) is 30.2. The molecule has 0 aliphatic rings. The van der Waals surface area contributed by atoms with Crippen molar-refractivity contribution >= 4 is 18.0 Å². The number of hydrogen-bond donors (Lipinski definition) is 0. The van der Waals surface area contributed by atoms with Crippen molar-refractivity contribution in [3.05, 3.63) is 67.5 Å². The van der Waals surface area contributed by atoms with Crippen LogP contribution >= 0.6 is 0 Å². The third kappa shape index (κ3) is 31.4. The Balaban J connectivity index is 0. The molecule has 1 aromatic rings. The van der Waals surface area contributed by atoms with Crippen molar-refractivity contribution < 1.29 is 19.1 Å². The molecule has 0 aliphatic carbocycles. The summed E-state index contributed by atoms with van der Waals surface area (Å²) < 4.78 is 9.25. The van der Waals surface area contributed by atoms with Gasteiger partial charge in [-0.2, -0.15) is 0 Å². The first kappa shape index (κ1) is 37.5. The zero-order valence-electron chi connectivity index (χ0n) is 24.8. The molecule has 0 aliphatic heterocycles. The van der Waals surface area contributed by atoms with E-state index < -0.39 is 0 Å². The highest BCUT2D eigenvalue weighted by Gasteiger charge is 2.01. The van der Waals surface area contributed by atoms with Crippen LogP contribution in [-0.2, 0) is 19.1 Å². The fourth-order valence-electron chi connectivity index (χ4n) is 3.64. The lowest BCUT2D eigenvalue weighted by molar-refractivity contribution is -0.139. The van der Waals surface area contributed by atoms with E-state index in [2.05, 4.69) is 31.4 Å². The molecule has 0 spiro atoms. The number of unbranched alkanes of at least 4 members (excludes halogenated alkanes) is 15. The van der Waals surface area contributed by atoms with Crippen LogP contribution in [0.15, 0.2) is 61.9 Å². The van der Waals surface area contributed by atoms with Crippen LogP contribution in [0, 0.1) is 0 Å². The lowest BCUT2D eigenvalue weighted by atomic mass is 10.0. The molecule has 0 saturated heterocycles. The lowest BCUT2D eigenvalue weighted by Gasteiger charge is -2.05. The first-order valence-corrected chi connectivity index (χ1v) is 14.7. The number of esters is 2. The summed E-state index contributed by atoms with van der Waals surface area (Å²) >= 11 is 0. The van der Waals surface area contributed by atoms with Gasteiger partial charge in [-0.3, -0.25) is 4.79 Å². The average Bonchev–Trinajstić information content (AvgIpc) is 2.91. The van der Waals surface area contributed by atoms with Gasteiger partial charge in [0.1, 0.15) is 0 Å². The molecule has 38 heavy (non-hydrogen) atoms. The Hall–Kier alpha value is -2.62. The van der Waals surface area contributed by atoms with E-state index in [0.29, 0.717) is 12.2 Å². The minimum Gasteiger partial charge on any atom is -0.462 e. The Morgan fingerprint density at radius 2 is 1.13 bits per heavy atom. The third-order valence-electron chi connectivity index (χ3n) is 5.86. The Bertz CT molecular complexity index is 708. The quantitative estimate of drug-likeness (QED) is 0.0731. The zero-order valence-corrected chi connectivity index (χ0v) is 24.8. The number of rotatable bonds is 20. The summed E-state index contributed by atoms with van der Waals surface area (Å²) in [5.41, 5.74) is 1.67. The van der Waals surface area contributed by atoms with Crippen LogP contribution in [0.5, 0.6) is 0 Å². The van der Waals surface area contributed by atoms with E-state index >= 15 is 0 Å². The van der Waals surface area contributed by atoms with Gasteiger partial charge in [-0.05, 0) is 18.9 Å². The molecule has 4 nitrogen and oxygen atoms in total. The molecule has 0 aromatic heterocycles. The van der Waals surface area contributed by atoms with Gasteiger partial charge in [0.15, 0.2) is 0 Å². The first-order valence-electron chi connectivity index (χ1n) is 14.7. The largest absolute Gasteiger partial charge is 0.462 e. The van der Waals surface area contributed by atoms with Crippen molar-refractivity contribution in [2.45, 2.75) is 124 Å². The van der Waals surface area contributed by atoms with E-state index in [1.54, 1.807) is 6.92 Å². The summed E-state index contributed by atoms with van der Waals surface area (Å²) in [6, 6.07) is 10.0. The molecule has 4 heteroatoms. The van der Waals surface area contributed by atoms with Crippen LogP contribution in [0.4, 0.5) is 0 Å². The van der Waals surface area contributed by atoms with E-state index in [4.69, 9.17) is 4.74 Å². The second-order valence-electron chi connectivity index (χ2n) is 9.61. The smallest absolute Gasteiger partial charge is 0.333 e. The normalized spacial score (nSPS) is 9.66. The van der Waals surface area contributed by atoms with E-state index in [0.717, 1.165) is 12.7 Å². The van der Waals surface area contributed by atoms with E-state index in [-0.39, 0.29) is 11.9 Å². The Morgan fingerprint density at radius 3 is 1.42 bits per heavy atom. The summed E-state index contributed by atoms with van der Waals surface area (Å²) in [6.45, 7) is 16.2. The van der Waals surface area contributed by atoms with Gasteiger partial charge < -0.3 is 9.47 Å². The number of hydrogen-bond acceptors (Lipinski definition) is 4.